The molecule has 0 bridgehead atoms. The van der Waals surface area contributed by atoms with E-state index in [0.717, 1.165) is 4.57 Å². The molecule has 0 aliphatic heterocycles. The van der Waals surface area contributed by atoms with Crippen molar-refractivity contribution in [3.63, 3.8) is 0 Å². The minimum Gasteiger partial charge on any atom is -0.506 e. The molecule has 8 heteroatoms. The van der Waals surface area contributed by atoms with Gasteiger partial charge in [0.25, 0.3) is 11.1 Å². The van der Waals surface area contributed by atoms with Gasteiger partial charge in [0.15, 0.2) is 0 Å². The van der Waals surface area contributed by atoms with Crippen LogP contribution in [0.1, 0.15) is 5.56 Å². The maximum absolute atomic E-state index is 13.4. The molecule has 30 heavy (non-hydrogen) atoms. The Kier molecular flexibility index (Phi) is 4.67. The summed E-state index contributed by atoms with van der Waals surface area (Å²) in [6.45, 7) is 0. The van der Waals surface area contributed by atoms with Gasteiger partial charge < -0.3 is 5.11 Å². The lowest BCUT2D eigenvalue weighted by Gasteiger charge is -2.16. The van der Waals surface area contributed by atoms with Crippen molar-refractivity contribution in [1.29, 1.82) is 0 Å². The van der Waals surface area contributed by atoms with Crippen molar-refractivity contribution in [2.75, 3.05) is 0 Å². The zero-order valence-electron chi connectivity index (χ0n) is 16.3. The predicted octanol–water partition coefficient (Wildman–Crippen LogP) is 1.84. The third-order valence-corrected chi connectivity index (χ3v) is 4.88. The summed E-state index contributed by atoms with van der Waals surface area (Å²) in [6, 6.07) is 17.5. The predicted molar refractivity (Wildman–Crippen MR) is 115 cm³/mol. The second-order valence-electron chi connectivity index (χ2n) is 6.74. The van der Waals surface area contributed by atoms with Gasteiger partial charge in [-0.2, -0.15) is 0 Å². The molecule has 8 nitrogen and oxygen atoms in total. The van der Waals surface area contributed by atoms with Gasteiger partial charge in [-0.3, -0.25) is 28.3 Å². The Balaban J connectivity index is 2.18. The van der Waals surface area contributed by atoms with E-state index in [2.05, 4.69) is 4.99 Å². The summed E-state index contributed by atoms with van der Waals surface area (Å²) >= 11 is 0. The third kappa shape index (κ3) is 2.95. The normalized spacial score (nSPS) is 11.4. The highest BCUT2D eigenvalue weighted by Crippen LogP contribution is 2.24. The van der Waals surface area contributed by atoms with Crippen LogP contribution in [0.5, 0.6) is 5.75 Å². The number of aromatic hydroxyl groups is 1. The van der Waals surface area contributed by atoms with Crippen LogP contribution >= 0.6 is 0 Å². The van der Waals surface area contributed by atoms with Crippen LogP contribution in [0.25, 0.3) is 16.7 Å². The highest BCUT2D eigenvalue weighted by atomic mass is 16.3. The summed E-state index contributed by atoms with van der Waals surface area (Å²) in [5, 5.41) is 10.7. The number of para-hydroxylation sites is 2. The van der Waals surface area contributed by atoms with Gasteiger partial charge in [-0.15, -0.1) is 0 Å². The van der Waals surface area contributed by atoms with Gasteiger partial charge in [-0.1, -0.05) is 36.4 Å². The highest BCUT2D eigenvalue weighted by Gasteiger charge is 2.22. The summed E-state index contributed by atoms with van der Waals surface area (Å²) in [5.41, 5.74) is -1.03. The van der Waals surface area contributed by atoms with Crippen LogP contribution < -0.4 is 16.8 Å². The number of nitrogens with zero attached hydrogens (tertiary/aromatic N) is 4. The fourth-order valence-corrected chi connectivity index (χ4v) is 3.34. The van der Waals surface area contributed by atoms with Crippen molar-refractivity contribution in [1.82, 2.24) is 13.7 Å². The van der Waals surface area contributed by atoms with E-state index in [1.165, 1.54) is 29.4 Å². The zero-order valence-corrected chi connectivity index (χ0v) is 16.3. The van der Waals surface area contributed by atoms with Crippen molar-refractivity contribution < 1.29 is 5.11 Å². The Hall–Kier alpha value is -4.20. The molecule has 0 fully saturated rings. The van der Waals surface area contributed by atoms with Crippen LogP contribution in [0.3, 0.4) is 0 Å². The maximum atomic E-state index is 13.4. The summed E-state index contributed by atoms with van der Waals surface area (Å²) in [4.78, 5) is 43.0. The molecule has 0 unspecified atom stereocenters. The molecule has 0 radical (unpaired) electrons. The first kappa shape index (κ1) is 19.1. The molecule has 150 valence electrons. The van der Waals surface area contributed by atoms with Gasteiger partial charge in [0.2, 0.25) is 0 Å². The van der Waals surface area contributed by atoms with Crippen molar-refractivity contribution in [3.8, 4) is 11.4 Å². The Bertz CT molecular complexity index is 1460. The monoisotopic (exact) mass is 402 g/mol. The average Bonchev–Trinajstić information content (AvgIpc) is 2.77. The number of fused-ring (bicyclic) bond motifs is 1. The number of benzene rings is 2. The molecule has 4 rings (SSSR count). The molecule has 0 spiro atoms. The summed E-state index contributed by atoms with van der Waals surface area (Å²) in [5.74, 6) is -0.516. The minimum absolute atomic E-state index is 0.00802. The van der Waals surface area contributed by atoms with E-state index in [0.29, 0.717) is 11.4 Å². The van der Waals surface area contributed by atoms with Crippen LogP contribution in [0.4, 0.5) is 5.69 Å². The Labute approximate surface area is 170 Å². The lowest BCUT2D eigenvalue weighted by molar-refractivity contribution is 0.477. The summed E-state index contributed by atoms with van der Waals surface area (Å²) in [7, 11) is 2.76. The van der Waals surface area contributed by atoms with Gasteiger partial charge >= 0.3 is 5.69 Å². The molecule has 2 aromatic heterocycles. The average molecular weight is 402 g/mol. The SMILES string of the molecule is Cn1c(=O)c2c(O)c(C=Nc3ccccc3)c(=O)n(-c3ccccc3)c2n(C)c1=O. The minimum atomic E-state index is -0.704. The Morgan fingerprint density at radius 2 is 1.43 bits per heavy atom. The molecule has 2 heterocycles. The van der Waals surface area contributed by atoms with Crippen LogP contribution in [-0.4, -0.2) is 25.0 Å². The van der Waals surface area contributed by atoms with Crippen LogP contribution in [0.15, 0.2) is 80.0 Å². The molecule has 0 atom stereocenters. The number of aliphatic imine (C=N–C) groups is 1. The second-order valence-corrected chi connectivity index (χ2v) is 6.74. The van der Waals surface area contributed by atoms with Crippen molar-refractivity contribution in [2.24, 2.45) is 19.1 Å². The van der Waals surface area contributed by atoms with Crippen molar-refractivity contribution >= 4 is 22.9 Å². The molecule has 0 amide bonds. The molecular formula is C22H18N4O4. The summed E-state index contributed by atoms with van der Waals surface area (Å²) < 4.78 is 3.30. The van der Waals surface area contributed by atoms with Crippen LogP contribution in [0, 0.1) is 0 Å². The second kappa shape index (κ2) is 7.32. The number of hydrogen-bond donors (Lipinski definition) is 1. The van der Waals surface area contributed by atoms with Crippen LogP contribution in [-0.2, 0) is 14.1 Å². The zero-order chi connectivity index (χ0) is 21.4. The Morgan fingerprint density at radius 1 is 0.833 bits per heavy atom. The number of hydrogen-bond acceptors (Lipinski definition) is 5. The van der Waals surface area contributed by atoms with Crippen molar-refractivity contribution in [3.05, 3.63) is 97.4 Å². The molecule has 0 aliphatic rings. The smallest absolute Gasteiger partial charge is 0.332 e. The number of aromatic nitrogens is 3. The molecular weight excluding hydrogens is 384 g/mol. The van der Waals surface area contributed by atoms with Gasteiger partial charge in [0, 0.05) is 20.3 Å². The molecule has 4 aromatic rings. The molecule has 1 N–H and O–H groups in total. The third-order valence-electron chi connectivity index (χ3n) is 4.88. The first-order valence-corrected chi connectivity index (χ1v) is 9.14. The number of aryl methyl sites for hydroxylation is 1. The largest absolute Gasteiger partial charge is 0.506 e. The van der Waals surface area contributed by atoms with E-state index < -0.39 is 22.6 Å². The van der Waals surface area contributed by atoms with E-state index >= 15 is 0 Å². The standard InChI is InChI=1S/C22H18N4O4/c1-24-19-17(21(29)25(2)22(24)30)18(27)16(13-23-14-9-5-3-6-10-14)20(28)26(19)15-11-7-4-8-12-15/h3-13,27H,1-2H3. The first-order chi connectivity index (χ1) is 14.4. The summed E-state index contributed by atoms with van der Waals surface area (Å²) in [6.07, 6.45) is 1.23. The van der Waals surface area contributed by atoms with E-state index in [9.17, 15) is 19.5 Å². The van der Waals surface area contributed by atoms with Gasteiger partial charge in [0.1, 0.15) is 22.3 Å². The van der Waals surface area contributed by atoms with Gasteiger partial charge in [-0.05, 0) is 24.3 Å². The van der Waals surface area contributed by atoms with Crippen LogP contribution in [0.2, 0.25) is 0 Å². The maximum Gasteiger partial charge on any atom is 0.332 e. The van der Waals surface area contributed by atoms with E-state index in [-0.39, 0.29) is 16.6 Å². The van der Waals surface area contributed by atoms with Gasteiger partial charge in [0.05, 0.1) is 11.4 Å². The highest BCUT2D eigenvalue weighted by molar-refractivity contribution is 5.94. The Morgan fingerprint density at radius 3 is 2.07 bits per heavy atom. The van der Waals surface area contributed by atoms with E-state index in [1.54, 1.807) is 54.6 Å². The molecule has 2 aromatic carbocycles. The lowest BCUT2D eigenvalue weighted by atomic mass is 10.1. The van der Waals surface area contributed by atoms with E-state index in [4.69, 9.17) is 0 Å². The van der Waals surface area contributed by atoms with Gasteiger partial charge in [-0.25, -0.2) is 4.79 Å². The van der Waals surface area contributed by atoms with E-state index in [1.807, 2.05) is 6.07 Å². The molecule has 0 aliphatic carbocycles. The fraction of sp³-hybridized carbons (Fsp3) is 0.0909. The lowest BCUT2D eigenvalue weighted by Crippen LogP contribution is -2.40. The fourth-order valence-electron chi connectivity index (χ4n) is 3.34. The topological polar surface area (TPSA) is 98.6 Å². The number of pyridine rings is 1. The van der Waals surface area contributed by atoms with Crippen molar-refractivity contribution in [2.45, 2.75) is 0 Å². The first-order valence-electron chi connectivity index (χ1n) is 9.14. The molecule has 0 saturated heterocycles. The number of rotatable bonds is 3. The molecule has 0 saturated carbocycles. The quantitative estimate of drug-likeness (QED) is 0.529.